The molecule has 1 amide bonds. The smallest absolute Gasteiger partial charge is 0.319 e. The molecule has 6 nitrogen and oxygen atoms in total. The van der Waals surface area contributed by atoms with Crippen molar-refractivity contribution in [2.75, 3.05) is 11.9 Å². The van der Waals surface area contributed by atoms with Crippen molar-refractivity contribution in [3.63, 3.8) is 0 Å². The van der Waals surface area contributed by atoms with Crippen LogP contribution in [0.4, 0.5) is 5.69 Å². The Kier molecular flexibility index (Phi) is 5.52. The molecule has 6 heteroatoms. The predicted molar refractivity (Wildman–Crippen MR) is 80.8 cm³/mol. The number of nitrogens with zero attached hydrogens (tertiary/aromatic N) is 2. The Morgan fingerprint density at radius 3 is 2.43 bits per heavy atom. The van der Waals surface area contributed by atoms with Gasteiger partial charge in [0.1, 0.15) is 5.92 Å². The van der Waals surface area contributed by atoms with Gasteiger partial charge in [0, 0.05) is 12.2 Å². The van der Waals surface area contributed by atoms with E-state index in [2.05, 4.69) is 10.4 Å². The molecule has 0 saturated carbocycles. The number of carbonyl (C=O) groups is 2. The Hall–Kier alpha value is -1.85. The molecule has 0 aromatic carbocycles. The van der Waals surface area contributed by atoms with Gasteiger partial charge in [-0.05, 0) is 26.2 Å². The number of carbonyl (C=O) groups excluding carboxylic acids is 2. The zero-order chi connectivity index (χ0) is 16.2. The van der Waals surface area contributed by atoms with Crippen molar-refractivity contribution in [3.8, 4) is 0 Å². The molecule has 0 fully saturated rings. The lowest BCUT2D eigenvalue weighted by molar-refractivity contribution is -0.155. The number of rotatable bonds is 5. The Labute approximate surface area is 125 Å². The fourth-order valence-corrected chi connectivity index (χ4v) is 1.98. The molecule has 1 atom stereocenters. The highest BCUT2D eigenvalue weighted by atomic mass is 16.5. The van der Waals surface area contributed by atoms with E-state index in [1.165, 1.54) is 0 Å². The first-order valence-corrected chi connectivity index (χ1v) is 7.18. The number of anilines is 1. The average molecular weight is 295 g/mol. The van der Waals surface area contributed by atoms with Crippen LogP contribution in [0, 0.1) is 11.3 Å². The van der Waals surface area contributed by atoms with Gasteiger partial charge in [-0.2, -0.15) is 5.10 Å². The summed E-state index contributed by atoms with van der Waals surface area (Å²) >= 11 is 0. The van der Waals surface area contributed by atoms with Crippen molar-refractivity contribution in [2.24, 2.45) is 11.3 Å². The summed E-state index contributed by atoms with van der Waals surface area (Å²) in [6.45, 7) is 11.5. The van der Waals surface area contributed by atoms with Gasteiger partial charge in [-0.1, -0.05) is 20.8 Å². The number of nitrogens with one attached hydrogen (secondary N) is 1. The maximum Gasteiger partial charge on any atom is 0.319 e. The molecule has 0 radical (unpaired) electrons. The number of hydrogen-bond acceptors (Lipinski definition) is 4. The fraction of sp³-hybridized carbons (Fsp3) is 0.667. The van der Waals surface area contributed by atoms with Gasteiger partial charge in [-0.3, -0.25) is 14.3 Å². The van der Waals surface area contributed by atoms with Crippen LogP contribution in [0.2, 0.25) is 0 Å². The summed E-state index contributed by atoms with van der Waals surface area (Å²) in [5.41, 5.74) is 0.0527. The standard InChI is InChI=1S/C15H25N3O3/c1-7-21-14(20)12(15(4,5)6)13(19)17-11-8-16-18(9-11)10(2)3/h8-10,12H,7H2,1-6H3,(H,17,19). The highest BCUT2D eigenvalue weighted by Crippen LogP contribution is 2.28. The van der Waals surface area contributed by atoms with E-state index in [-0.39, 0.29) is 18.6 Å². The highest BCUT2D eigenvalue weighted by molar-refractivity contribution is 6.05. The van der Waals surface area contributed by atoms with Crippen LogP contribution in [-0.2, 0) is 14.3 Å². The third kappa shape index (κ3) is 4.58. The lowest BCUT2D eigenvalue weighted by Crippen LogP contribution is -2.40. The summed E-state index contributed by atoms with van der Waals surface area (Å²) in [5, 5.41) is 6.90. The van der Waals surface area contributed by atoms with Crippen LogP contribution >= 0.6 is 0 Å². The monoisotopic (exact) mass is 295 g/mol. The van der Waals surface area contributed by atoms with Gasteiger partial charge in [-0.25, -0.2) is 0 Å². The highest BCUT2D eigenvalue weighted by Gasteiger charge is 2.39. The van der Waals surface area contributed by atoms with Crippen molar-refractivity contribution >= 4 is 17.6 Å². The van der Waals surface area contributed by atoms with Crippen LogP contribution in [0.5, 0.6) is 0 Å². The Bertz CT molecular complexity index is 501. The summed E-state index contributed by atoms with van der Waals surface area (Å²) in [5.74, 6) is -1.73. The molecule has 1 heterocycles. The van der Waals surface area contributed by atoms with E-state index in [1.54, 1.807) is 24.0 Å². The third-order valence-corrected chi connectivity index (χ3v) is 3.05. The first-order chi connectivity index (χ1) is 9.66. The zero-order valence-corrected chi connectivity index (χ0v) is 13.6. The average Bonchev–Trinajstić information content (AvgIpc) is 2.75. The van der Waals surface area contributed by atoms with Gasteiger partial charge < -0.3 is 10.1 Å². The zero-order valence-electron chi connectivity index (χ0n) is 13.6. The summed E-state index contributed by atoms with van der Waals surface area (Å²) in [6.07, 6.45) is 3.32. The lowest BCUT2D eigenvalue weighted by Gasteiger charge is -2.27. The summed E-state index contributed by atoms with van der Waals surface area (Å²) in [7, 11) is 0. The Morgan fingerprint density at radius 2 is 2.00 bits per heavy atom. The van der Waals surface area contributed by atoms with Crippen LogP contribution in [0.3, 0.4) is 0 Å². The van der Waals surface area contributed by atoms with Crippen LogP contribution in [-0.4, -0.2) is 28.3 Å². The van der Waals surface area contributed by atoms with Crippen molar-refractivity contribution in [2.45, 2.75) is 47.6 Å². The predicted octanol–water partition coefficient (Wildman–Crippen LogP) is 2.63. The van der Waals surface area contributed by atoms with Crippen molar-refractivity contribution in [1.82, 2.24) is 9.78 Å². The lowest BCUT2D eigenvalue weighted by atomic mass is 9.80. The Morgan fingerprint density at radius 1 is 1.38 bits per heavy atom. The molecule has 1 aromatic heterocycles. The number of hydrogen-bond donors (Lipinski definition) is 1. The van der Waals surface area contributed by atoms with E-state index < -0.39 is 17.3 Å². The molecule has 1 rings (SSSR count). The summed E-state index contributed by atoms with van der Waals surface area (Å²) < 4.78 is 6.75. The maximum atomic E-state index is 12.4. The molecule has 0 aliphatic rings. The van der Waals surface area contributed by atoms with Gasteiger partial charge >= 0.3 is 5.97 Å². The number of amides is 1. The molecular formula is C15H25N3O3. The first-order valence-electron chi connectivity index (χ1n) is 7.18. The third-order valence-electron chi connectivity index (χ3n) is 3.05. The second-order valence-corrected chi connectivity index (χ2v) is 6.34. The van der Waals surface area contributed by atoms with Crippen LogP contribution in [0.15, 0.2) is 12.4 Å². The minimum absolute atomic E-state index is 0.208. The number of ether oxygens (including phenoxy) is 1. The molecule has 118 valence electrons. The molecule has 0 aliphatic heterocycles. The normalized spacial score (nSPS) is 13.1. The van der Waals surface area contributed by atoms with Crippen molar-refractivity contribution in [1.29, 1.82) is 0 Å². The Balaban J connectivity index is 2.88. The van der Waals surface area contributed by atoms with Gasteiger partial charge in [0.05, 0.1) is 18.5 Å². The minimum atomic E-state index is -0.861. The first kappa shape index (κ1) is 17.2. The number of aromatic nitrogens is 2. The molecule has 1 unspecified atom stereocenters. The fourth-order valence-electron chi connectivity index (χ4n) is 1.98. The molecule has 0 aliphatic carbocycles. The van der Waals surface area contributed by atoms with E-state index in [9.17, 15) is 9.59 Å². The molecular weight excluding hydrogens is 270 g/mol. The van der Waals surface area contributed by atoms with Crippen molar-refractivity contribution < 1.29 is 14.3 Å². The topological polar surface area (TPSA) is 73.2 Å². The van der Waals surface area contributed by atoms with Crippen LogP contribution < -0.4 is 5.32 Å². The van der Waals surface area contributed by atoms with E-state index in [1.807, 2.05) is 34.6 Å². The quantitative estimate of drug-likeness (QED) is 0.669. The maximum absolute atomic E-state index is 12.4. The van der Waals surface area contributed by atoms with E-state index >= 15 is 0 Å². The van der Waals surface area contributed by atoms with Gasteiger partial charge in [0.15, 0.2) is 0 Å². The minimum Gasteiger partial charge on any atom is -0.465 e. The molecule has 1 aromatic rings. The van der Waals surface area contributed by atoms with E-state index in [0.717, 1.165) is 0 Å². The molecule has 1 N–H and O–H groups in total. The van der Waals surface area contributed by atoms with Gasteiger partial charge in [0.25, 0.3) is 0 Å². The second-order valence-electron chi connectivity index (χ2n) is 6.34. The van der Waals surface area contributed by atoms with E-state index in [4.69, 9.17) is 4.74 Å². The molecule has 0 saturated heterocycles. The number of esters is 1. The van der Waals surface area contributed by atoms with Gasteiger partial charge in [0.2, 0.25) is 5.91 Å². The summed E-state index contributed by atoms with van der Waals surface area (Å²) in [6, 6.07) is 0.208. The van der Waals surface area contributed by atoms with Crippen LogP contribution in [0.1, 0.15) is 47.6 Å². The molecule has 0 spiro atoms. The second kappa shape index (κ2) is 6.74. The SMILES string of the molecule is CCOC(=O)C(C(=O)Nc1cnn(C(C)C)c1)C(C)(C)C. The summed E-state index contributed by atoms with van der Waals surface area (Å²) in [4.78, 5) is 24.4. The van der Waals surface area contributed by atoms with Gasteiger partial charge in [-0.15, -0.1) is 0 Å². The van der Waals surface area contributed by atoms with Crippen molar-refractivity contribution in [3.05, 3.63) is 12.4 Å². The van der Waals surface area contributed by atoms with E-state index in [0.29, 0.717) is 5.69 Å². The largest absolute Gasteiger partial charge is 0.465 e. The van der Waals surface area contributed by atoms with Crippen LogP contribution in [0.25, 0.3) is 0 Å². The molecule has 0 bridgehead atoms. The molecule has 21 heavy (non-hydrogen) atoms.